The zero-order valence-electron chi connectivity index (χ0n) is 16.4. The number of likely N-dealkylation sites (N-methyl/N-ethyl adjacent to an activating group) is 1. The molecular formula is C22H26N4O2. The van der Waals surface area contributed by atoms with Crippen LogP contribution in [0.2, 0.25) is 0 Å². The maximum Gasteiger partial charge on any atom is 0.254 e. The molecule has 2 aromatic rings. The Hall–Kier alpha value is -3.15. The molecule has 1 fully saturated rings. The van der Waals surface area contributed by atoms with Gasteiger partial charge in [-0.1, -0.05) is 38.1 Å². The third-order valence-corrected chi connectivity index (χ3v) is 5.15. The summed E-state index contributed by atoms with van der Waals surface area (Å²) in [6.07, 6.45) is 4.85. The van der Waals surface area contributed by atoms with Gasteiger partial charge in [-0.25, -0.2) is 4.98 Å². The fraction of sp³-hybridized carbons (Fsp3) is 0.318. The highest BCUT2D eigenvalue weighted by atomic mass is 16.2. The monoisotopic (exact) mass is 378 g/mol. The van der Waals surface area contributed by atoms with E-state index in [0.29, 0.717) is 30.9 Å². The van der Waals surface area contributed by atoms with Crippen molar-refractivity contribution in [2.45, 2.75) is 25.8 Å². The van der Waals surface area contributed by atoms with Gasteiger partial charge in [0.05, 0.1) is 0 Å². The number of anilines is 1. The van der Waals surface area contributed by atoms with Gasteiger partial charge in [-0.15, -0.1) is 0 Å². The van der Waals surface area contributed by atoms with E-state index in [9.17, 15) is 9.59 Å². The largest absolute Gasteiger partial charge is 0.383 e. The predicted octanol–water partition coefficient (Wildman–Crippen LogP) is 3.06. The van der Waals surface area contributed by atoms with E-state index in [1.54, 1.807) is 35.2 Å². The highest BCUT2D eigenvalue weighted by Crippen LogP contribution is 2.25. The van der Waals surface area contributed by atoms with Crippen molar-refractivity contribution >= 4 is 23.7 Å². The van der Waals surface area contributed by atoms with Gasteiger partial charge in [0.1, 0.15) is 11.9 Å². The molecule has 28 heavy (non-hydrogen) atoms. The molecule has 1 aliphatic rings. The van der Waals surface area contributed by atoms with Crippen LogP contribution in [-0.2, 0) is 4.79 Å². The first-order valence-electron chi connectivity index (χ1n) is 9.50. The van der Waals surface area contributed by atoms with Gasteiger partial charge in [-0.2, -0.15) is 0 Å². The lowest BCUT2D eigenvalue weighted by molar-refractivity contribution is -0.138. The topological polar surface area (TPSA) is 79.5 Å². The maximum absolute atomic E-state index is 13.2. The molecule has 6 heteroatoms. The molecule has 1 unspecified atom stereocenters. The van der Waals surface area contributed by atoms with Crippen molar-refractivity contribution in [3.8, 4) is 11.1 Å². The van der Waals surface area contributed by atoms with Crippen molar-refractivity contribution in [1.29, 1.82) is 0 Å². The second-order valence-electron chi connectivity index (χ2n) is 7.05. The summed E-state index contributed by atoms with van der Waals surface area (Å²) in [6.45, 7) is 6.87. The second-order valence-corrected chi connectivity index (χ2v) is 7.05. The number of hydrogen-bond acceptors (Lipinski definition) is 4. The molecule has 146 valence electrons. The van der Waals surface area contributed by atoms with Crippen molar-refractivity contribution < 1.29 is 9.59 Å². The molecule has 1 aromatic heterocycles. The van der Waals surface area contributed by atoms with Crippen molar-refractivity contribution in [3.05, 3.63) is 54.2 Å². The van der Waals surface area contributed by atoms with E-state index in [4.69, 9.17) is 5.73 Å². The third kappa shape index (κ3) is 3.76. The fourth-order valence-corrected chi connectivity index (χ4v) is 3.52. The fourth-order valence-electron chi connectivity index (χ4n) is 3.52. The molecular weight excluding hydrogens is 352 g/mol. The molecule has 1 atom stereocenters. The average Bonchev–Trinajstić information content (AvgIpc) is 2.71. The minimum Gasteiger partial charge on any atom is -0.383 e. The van der Waals surface area contributed by atoms with E-state index < -0.39 is 6.04 Å². The Balaban J connectivity index is 1.92. The molecule has 1 saturated heterocycles. The lowest BCUT2D eigenvalue weighted by atomic mass is 10.0. The molecule has 2 heterocycles. The molecule has 6 nitrogen and oxygen atoms in total. The second kappa shape index (κ2) is 8.25. The Labute approximate surface area is 165 Å². The first-order chi connectivity index (χ1) is 13.5. The Morgan fingerprint density at radius 1 is 1.32 bits per heavy atom. The molecule has 0 aliphatic carbocycles. The molecule has 0 bridgehead atoms. The van der Waals surface area contributed by atoms with E-state index in [1.807, 2.05) is 31.2 Å². The van der Waals surface area contributed by atoms with Crippen molar-refractivity contribution in [1.82, 2.24) is 14.8 Å². The number of nitrogens with zero attached hydrogens (tertiary/aromatic N) is 3. The van der Waals surface area contributed by atoms with Gasteiger partial charge in [-0.3, -0.25) is 9.59 Å². The number of aromatic nitrogens is 1. The van der Waals surface area contributed by atoms with Crippen molar-refractivity contribution in [3.63, 3.8) is 0 Å². The average molecular weight is 378 g/mol. The van der Waals surface area contributed by atoms with Crippen LogP contribution in [0.3, 0.4) is 0 Å². The number of amides is 2. The normalized spacial score (nSPS) is 16.9. The molecule has 0 radical (unpaired) electrons. The summed E-state index contributed by atoms with van der Waals surface area (Å²) in [6, 6.07) is 8.91. The molecule has 0 spiro atoms. The van der Waals surface area contributed by atoms with Gasteiger partial charge in [-0.05, 0) is 30.2 Å². The molecule has 1 aromatic carbocycles. The summed E-state index contributed by atoms with van der Waals surface area (Å²) < 4.78 is 0. The van der Waals surface area contributed by atoms with Gasteiger partial charge >= 0.3 is 0 Å². The van der Waals surface area contributed by atoms with Crippen LogP contribution in [0.1, 0.15) is 35.7 Å². The zero-order valence-corrected chi connectivity index (χ0v) is 16.4. The summed E-state index contributed by atoms with van der Waals surface area (Å²) in [4.78, 5) is 33.4. The van der Waals surface area contributed by atoms with Crippen LogP contribution >= 0.6 is 0 Å². The Morgan fingerprint density at radius 2 is 2.11 bits per heavy atom. The first-order valence-corrected chi connectivity index (χ1v) is 9.50. The highest BCUT2D eigenvalue weighted by molar-refractivity contribution is 5.99. The summed E-state index contributed by atoms with van der Waals surface area (Å²) in [5, 5.41) is 0. The standard InChI is InChI=1S/C22H26N4O2/c1-4-7-19-22(28)25(3)10-11-26(19)21(27)17-9-6-8-16(13-17)18-12-15(5-2)20(23)24-14-18/h5-6,8-9,12-14,19H,2,4,7,10-11H2,1,3H3,(H2,23,24). The van der Waals surface area contributed by atoms with E-state index in [-0.39, 0.29) is 11.8 Å². The molecule has 3 rings (SSSR count). The van der Waals surface area contributed by atoms with Crippen LogP contribution < -0.4 is 5.73 Å². The van der Waals surface area contributed by atoms with E-state index in [1.165, 1.54) is 0 Å². The number of carbonyl (C=O) groups excluding carboxylic acids is 2. The van der Waals surface area contributed by atoms with Crippen molar-refractivity contribution in [2.75, 3.05) is 25.9 Å². The number of pyridine rings is 1. The maximum atomic E-state index is 13.2. The van der Waals surface area contributed by atoms with Gasteiger partial charge < -0.3 is 15.5 Å². The Bertz CT molecular complexity index is 909. The van der Waals surface area contributed by atoms with Crippen LogP contribution in [-0.4, -0.2) is 52.8 Å². The minimum absolute atomic E-state index is 0.0102. The van der Waals surface area contributed by atoms with Crippen LogP contribution in [0.25, 0.3) is 17.2 Å². The van der Waals surface area contributed by atoms with Crippen LogP contribution in [0.4, 0.5) is 5.82 Å². The lowest BCUT2D eigenvalue weighted by Gasteiger charge is -2.39. The van der Waals surface area contributed by atoms with Gasteiger partial charge in [0.25, 0.3) is 5.91 Å². The number of nitrogen functional groups attached to an aromatic ring is 1. The zero-order chi connectivity index (χ0) is 20.3. The van der Waals surface area contributed by atoms with Gasteiger partial charge in [0.2, 0.25) is 5.91 Å². The Morgan fingerprint density at radius 3 is 2.82 bits per heavy atom. The van der Waals surface area contributed by atoms with Gasteiger partial charge in [0, 0.05) is 43.0 Å². The van der Waals surface area contributed by atoms with E-state index >= 15 is 0 Å². The number of piperazine rings is 1. The Kier molecular flexibility index (Phi) is 5.78. The molecule has 2 N–H and O–H groups in total. The summed E-state index contributed by atoms with van der Waals surface area (Å²) in [5.41, 5.74) is 8.89. The minimum atomic E-state index is -0.398. The third-order valence-electron chi connectivity index (χ3n) is 5.15. The van der Waals surface area contributed by atoms with Crippen LogP contribution in [0.15, 0.2) is 43.1 Å². The van der Waals surface area contributed by atoms with Crippen LogP contribution in [0, 0.1) is 0 Å². The van der Waals surface area contributed by atoms with E-state index in [2.05, 4.69) is 11.6 Å². The lowest BCUT2D eigenvalue weighted by Crippen LogP contribution is -2.57. The quantitative estimate of drug-likeness (QED) is 0.867. The summed E-state index contributed by atoms with van der Waals surface area (Å²) >= 11 is 0. The molecule has 2 amide bonds. The smallest absolute Gasteiger partial charge is 0.254 e. The first kappa shape index (κ1) is 19.6. The highest BCUT2D eigenvalue weighted by Gasteiger charge is 2.35. The predicted molar refractivity (Wildman–Crippen MR) is 112 cm³/mol. The van der Waals surface area contributed by atoms with Crippen LogP contribution in [0.5, 0.6) is 0 Å². The molecule has 0 saturated carbocycles. The summed E-state index contributed by atoms with van der Waals surface area (Å²) in [5.74, 6) is 0.314. The number of rotatable bonds is 5. The van der Waals surface area contributed by atoms with Gasteiger partial charge in [0.15, 0.2) is 0 Å². The van der Waals surface area contributed by atoms with Crippen molar-refractivity contribution in [2.24, 2.45) is 0 Å². The number of benzene rings is 1. The number of carbonyl (C=O) groups is 2. The number of nitrogens with two attached hydrogens (primary N) is 1. The summed E-state index contributed by atoms with van der Waals surface area (Å²) in [7, 11) is 1.79. The van der Waals surface area contributed by atoms with E-state index in [0.717, 1.165) is 23.1 Å². The number of hydrogen-bond donors (Lipinski definition) is 1. The SMILES string of the molecule is C=Cc1cc(-c2cccc(C(=O)N3CCN(C)C(=O)C3CCC)c2)cnc1N. The molecule has 1 aliphatic heterocycles.